The molecule has 31 heavy (non-hydrogen) atoms. The maximum atomic E-state index is 12.5. The topological polar surface area (TPSA) is 77.5 Å². The average Bonchev–Trinajstić information content (AvgIpc) is 3.37. The van der Waals surface area contributed by atoms with Crippen LogP contribution in [0.5, 0.6) is 0 Å². The smallest absolute Gasteiger partial charge is 0.258 e. The number of anilines is 1. The maximum Gasteiger partial charge on any atom is 0.258 e. The Morgan fingerprint density at radius 2 is 1.90 bits per heavy atom. The van der Waals surface area contributed by atoms with Crippen molar-refractivity contribution in [1.29, 1.82) is 0 Å². The van der Waals surface area contributed by atoms with Crippen molar-refractivity contribution in [3.63, 3.8) is 0 Å². The van der Waals surface area contributed by atoms with Crippen molar-refractivity contribution >= 4 is 34.0 Å². The number of fused-ring (bicyclic) bond motifs is 1. The first-order valence-corrected chi connectivity index (χ1v) is 11.9. The van der Waals surface area contributed by atoms with E-state index in [-0.39, 0.29) is 5.56 Å². The van der Waals surface area contributed by atoms with Crippen LogP contribution in [0, 0.1) is 13.8 Å². The molecule has 0 N–H and O–H groups in total. The highest BCUT2D eigenvalue weighted by Crippen LogP contribution is 2.29. The third-order valence-corrected chi connectivity index (χ3v) is 7.09. The van der Waals surface area contributed by atoms with Crippen LogP contribution in [0.25, 0.3) is 10.6 Å². The molecule has 0 radical (unpaired) electrons. The van der Waals surface area contributed by atoms with Gasteiger partial charge in [0.2, 0.25) is 5.95 Å². The first-order chi connectivity index (χ1) is 15.1. The number of nitrogens with zero attached hydrogens (tertiary/aromatic N) is 6. The van der Waals surface area contributed by atoms with Crippen LogP contribution < -0.4 is 10.5 Å². The number of ether oxygens (including phenoxy) is 1. The molecule has 0 unspecified atom stereocenters. The molecule has 0 aliphatic carbocycles. The van der Waals surface area contributed by atoms with Crippen LogP contribution >= 0.6 is 23.1 Å². The summed E-state index contributed by atoms with van der Waals surface area (Å²) in [6.45, 7) is 6.90. The van der Waals surface area contributed by atoms with E-state index < -0.39 is 0 Å². The lowest BCUT2D eigenvalue weighted by molar-refractivity contribution is 0.122. The molecule has 1 saturated heterocycles. The number of aryl methyl sites for hydroxylation is 2. The quantitative estimate of drug-likeness (QED) is 0.429. The standard InChI is InChI=1S/C21H22N6O2S2/c1-14-3-5-17(6-4-14)27-19(25-7-9-29-10-8-25)23-24-21(27)31-13-16-11-18(28)26-15(2)12-30-20(26)22-16/h3-6,11-12H,7-10,13H2,1-2H3. The Labute approximate surface area is 187 Å². The second kappa shape index (κ2) is 8.45. The molecule has 160 valence electrons. The lowest BCUT2D eigenvalue weighted by atomic mass is 10.2. The molecule has 1 aromatic carbocycles. The highest BCUT2D eigenvalue weighted by atomic mass is 32.2. The van der Waals surface area contributed by atoms with E-state index in [1.54, 1.807) is 10.5 Å². The zero-order chi connectivity index (χ0) is 21.4. The van der Waals surface area contributed by atoms with Crippen molar-refractivity contribution < 1.29 is 4.74 Å². The molecule has 8 nitrogen and oxygen atoms in total. The van der Waals surface area contributed by atoms with Crippen molar-refractivity contribution in [2.45, 2.75) is 24.8 Å². The molecule has 1 aliphatic rings. The van der Waals surface area contributed by atoms with Crippen LogP contribution in [0.1, 0.15) is 17.0 Å². The van der Waals surface area contributed by atoms with Gasteiger partial charge in [-0.1, -0.05) is 29.5 Å². The van der Waals surface area contributed by atoms with E-state index in [1.165, 1.54) is 28.7 Å². The molecule has 0 atom stereocenters. The Hall–Kier alpha value is -2.69. The Morgan fingerprint density at radius 3 is 2.68 bits per heavy atom. The minimum atomic E-state index is -0.0478. The maximum absolute atomic E-state index is 12.5. The van der Waals surface area contributed by atoms with E-state index in [0.29, 0.717) is 19.0 Å². The third-order valence-electron chi connectivity index (χ3n) is 5.18. The molecule has 0 bridgehead atoms. The van der Waals surface area contributed by atoms with Crippen molar-refractivity contribution in [2.24, 2.45) is 0 Å². The fourth-order valence-corrected chi connectivity index (χ4v) is 5.29. The summed E-state index contributed by atoms with van der Waals surface area (Å²) in [6.07, 6.45) is 0. The molecule has 0 spiro atoms. The summed E-state index contributed by atoms with van der Waals surface area (Å²) in [5.41, 5.74) is 3.81. The summed E-state index contributed by atoms with van der Waals surface area (Å²) in [5, 5.41) is 11.7. The number of thiazole rings is 1. The van der Waals surface area contributed by atoms with Crippen LogP contribution in [0.3, 0.4) is 0 Å². The van der Waals surface area contributed by atoms with Gasteiger partial charge in [-0.3, -0.25) is 13.8 Å². The number of benzene rings is 1. The van der Waals surface area contributed by atoms with Gasteiger partial charge in [-0.05, 0) is 26.0 Å². The number of hydrogen-bond donors (Lipinski definition) is 0. The second-order valence-electron chi connectivity index (χ2n) is 7.42. The molecule has 1 aliphatic heterocycles. The molecule has 1 fully saturated rings. The van der Waals surface area contributed by atoms with Crippen molar-refractivity contribution in [1.82, 2.24) is 24.1 Å². The van der Waals surface area contributed by atoms with E-state index >= 15 is 0 Å². The SMILES string of the molecule is Cc1ccc(-n2c(SCc3cc(=O)n4c(C)csc4n3)nnc2N2CCOCC2)cc1. The van der Waals surface area contributed by atoms with Crippen molar-refractivity contribution in [3.8, 4) is 5.69 Å². The molecule has 4 heterocycles. The van der Waals surface area contributed by atoms with Gasteiger partial charge < -0.3 is 9.64 Å². The fraction of sp³-hybridized carbons (Fsp3) is 0.333. The van der Waals surface area contributed by atoms with Gasteiger partial charge >= 0.3 is 0 Å². The normalized spacial score (nSPS) is 14.5. The summed E-state index contributed by atoms with van der Waals surface area (Å²) >= 11 is 3.01. The Kier molecular flexibility index (Phi) is 5.51. The molecule has 3 aromatic heterocycles. The Bertz CT molecular complexity index is 1270. The summed E-state index contributed by atoms with van der Waals surface area (Å²) in [5.74, 6) is 1.35. The first-order valence-electron chi connectivity index (χ1n) is 10.0. The molecule has 0 saturated carbocycles. The monoisotopic (exact) mass is 454 g/mol. The molecule has 4 aromatic rings. The number of thioether (sulfide) groups is 1. The van der Waals surface area contributed by atoms with Crippen LogP contribution in [0.4, 0.5) is 5.95 Å². The number of aromatic nitrogens is 5. The lowest BCUT2D eigenvalue weighted by Gasteiger charge is -2.28. The van der Waals surface area contributed by atoms with Crippen LogP contribution in [-0.4, -0.2) is 50.5 Å². The average molecular weight is 455 g/mol. The van der Waals surface area contributed by atoms with Gasteiger partial charge in [-0.2, -0.15) is 0 Å². The third kappa shape index (κ3) is 3.98. The van der Waals surface area contributed by atoms with Gasteiger partial charge in [-0.15, -0.1) is 21.5 Å². The van der Waals surface area contributed by atoms with Crippen LogP contribution in [-0.2, 0) is 10.5 Å². The number of morpholine rings is 1. The van der Waals surface area contributed by atoms with Gasteiger partial charge in [0.15, 0.2) is 10.1 Å². The molecule has 0 amide bonds. The number of hydrogen-bond acceptors (Lipinski definition) is 8. The molecule has 10 heteroatoms. The zero-order valence-corrected chi connectivity index (χ0v) is 18.9. The molecule has 5 rings (SSSR count). The van der Waals surface area contributed by atoms with E-state index in [1.807, 2.05) is 12.3 Å². The van der Waals surface area contributed by atoms with Crippen molar-refractivity contribution in [3.05, 3.63) is 63.0 Å². The highest BCUT2D eigenvalue weighted by Gasteiger charge is 2.22. The largest absolute Gasteiger partial charge is 0.378 e. The van der Waals surface area contributed by atoms with E-state index in [4.69, 9.17) is 4.74 Å². The summed E-state index contributed by atoms with van der Waals surface area (Å²) < 4.78 is 9.22. The summed E-state index contributed by atoms with van der Waals surface area (Å²) in [4.78, 5) is 20.1. The highest BCUT2D eigenvalue weighted by molar-refractivity contribution is 7.98. The van der Waals surface area contributed by atoms with Crippen LogP contribution in [0.2, 0.25) is 0 Å². The molecular weight excluding hydrogens is 432 g/mol. The Balaban J connectivity index is 1.48. The minimum absolute atomic E-state index is 0.0478. The van der Waals surface area contributed by atoms with Gasteiger partial charge in [0, 0.05) is 36.0 Å². The lowest BCUT2D eigenvalue weighted by Crippen LogP contribution is -2.37. The summed E-state index contributed by atoms with van der Waals surface area (Å²) in [7, 11) is 0. The predicted octanol–water partition coefficient (Wildman–Crippen LogP) is 3.08. The van der Waals surface area contributed by atoms with Gasteiger partial charge in [0.1, 0.15) is 0 Å². The van der Waals surface area contributed by atoms with E-state index in [2.05, 4.69) is 55.8 Å². The van der Waals surface area contributed by atoms with Crippen molar-refractivity contribution in [2.75, 3.05) is 31.2 Å². The van der Waals surface area contributed by atoms with Gasteiger partial charge in [-0.25, -0.2) is 4.98 Å². The first kappa shape index (κ1) is 20.2. The summed E-state index contributed by atoms with van der Waals surface area (Å²) in [6, 6.07) is 9.94. The Morgan fingerprint density at radius 1 is 1.13 bits per heavy atom. The minimum Gasteiger partial charge on any atom is -0.378 e. The second-order valence-corrected chi connectivity index (χ2v) is 9.20. The zero-order valence-electron chi connectivity index (χ0n) is 17.3. The van der Waals surface area contributed by atoms with E-state index in [0.717, 1.165) is 46.2 Å². The number of rotatable bonds is 5. The van der Waals surface area contributed by atoms with Crippen LogP contribution in [0.15, 0.2) is 45.7 Å². The van der Waals surface area contributed by atoms with Gasteiger partial charge in [0.05, 0.1) is 24.6 Å². The predicted molar refractivity (Wildman–Crippen MR) is 123 cm³/mol. The molecular formula is C21H22N6O2S2. The van der Waals surface area contributed by atoms with Gasteiger partial charge in [0.25, 0.3) is 5.56 Å². The van der Waals surface area contributed by atoms with E-state index in [9.17, 15) is 4.79 Å². The fourth-order valence-electron chi connectivity index (χ4n) is 3.56.